The molecule has 0 aromatic heterocycles. The Hall–Kier alpha value is -1.91. The molecule has 1 N–H and O–H groups in total. The molecule has 0 saturated heterocycles. The Bertz CT molecular complexity index is 422. The van der Waals surface area contributed by atoms with Gasteiger partial charge in [-0.1, -0.05) is 29.9 Å². The third-order valence-electron chi connectivity index (χ3n) is 1.84. The van der Waals surface area contributed by atoms with Crippen LogP contribution in [0.5, 0.6) is 0 Å². The highest BCUT2D eigenvalue weighted by molar-refractivity contribution is 7.80. The highest BCUT2D eigenvalue weighted by Gasteiger charge is 2.11. The molecule has 0 fully saturated rings. The van der Waals surface area contributed by atoms with Gasteiger partial charge in [0.15, 0.2) is 5.92 Å². The average molecular weight is 215 g/mol. The van der Waals surface area contributed by atoms with E-state index in [-0.39, 0.29) is 4.99 Å². The molecule has 0 aliphatic rings. The number of anilines is 1. The summed E-state index contributed by atoms with van der Waals surface area (Å²) in [6.45, 7) is 1.98. The molecular formula is C11H9N3S. The highest BCUT2D eigenvalue weighted by Crippen LogP contribution is 2.10. The van der Waals surface area contributed by atoms with Crippen LogP contribution in [-0.4, -0.2) is 4.99 Å². The van der Waals surface area contributed by atoms with Crippen molar-refractivity contribution >= 4 is 22.9 Å². The van der Waals surface area contributed by atoms with Crippen LogP contribution in [0.3, 0.4) is 0 Å². The first-order chi connectivity index (χ1) is 7.17. The van der Waals surface area contributed by atoms with E-state index in [1.807, 2.05) is 43.3 Å². The van der Waals surface area contributed by atoms with E-state index in [1.165, 1.54) is 0 Å². The number of hydrogen-bond acceptors (Lipinski definition) is 3. The molecule has 15 heavy (non-hydrogen) atoms. The molecule has 0 aliphatic carbocycles. The van der Waals surface area contributed by atoms with E-state index in [9.17, 15) is 0 Å². The first-order valence-electron chi connectivity index (χ1n) is 4.34. The van der Waals surface area contributed by atoms with Gasteiger partial charge in [0.25, 0.3) is 0 Å². The van der Waals surface area contributed by atoms with Gasteiger partial charge in [0.05, 0.1) is 12.1 Å². The SMILES string of the molecule is Cc1ccc(NC(=S)C(C#N)C#N)cc1. The van der Waals surface area contributed by atoms with Gasteiger partial charge in [-0.2, -0.15) is 10.5 Å². The van der Waals surface area contributed by atoms with Crippen molar-refractivity contribution in [3.05, 3.63) is 29.8 Å². The van der Waals surface area contributed by atoms with Crippen LogP contribution < -0.4 is 5.32 Å². The predicted molar refractivity (Wildman–Crippen MR) is 62.1 cm³/mol. The lowest BCUT2D eigenvalue weighted by Crippen LogP contribution is -2.17. The minimum absolute atomic E-state index is 0.240. The molecule has 0 spiro atoms. The van der Waals surface area contributed by atoms with Gasteiger partial charge in [0.1, 0.15) is 4.99 Å². The molecule has 0 bridgehead atoms. The smallest absolute Gasteiger partial charge is 0.183 e. The summed E-state index contributed by atoms with van der Waals surface area (Å²) in [5.74, 6) is -0.888. The minimum atomic E-state index is -0.888. The summed E-state index contributed by atoms with van der Waals surface area (Å²) in [5, 5.41) is 20.1. The molecule has 0 aliphatic heterocycles. The summed E-state index contributed by atoms with van der Waals surface area (Å²) in [6.07, 6.45) is 0. The van der Waals surface area contributed by atoms with Crippen LogP contribution in [0.2, 0.25) is 0 Å². The molecule has 0 heterocycles. The summed E-state index contributed by atoms with van der Waals surface area (Å²) < 4.78 is 0. The van der Waals surface area contributed by atoms with Gasteiger partial charge in [-0.25, -0.2) is 0 Å². The molecule has 1 rings (SSSR count). The fraction of sp³-hybridized carbons (Fsp3) is 0.182. The number of aryl methyl sites for hydroxylation is 1. The van der Waals surface area contributed by atoms with Crippen LogP contribution in [0.15, 0.2) is 24.3 Å². The molecule has 4 heteroatoms. The molecule has 0 amide bonds. The fourth-order valence-electron chi connectivity index (χ4n) is 0.997. The normalized spacial score (nSPS) is 9.07. The van der Waals surface area contributed by atoms with Gasteiger partial charge < -0.3 is 5.32 Å². The first-order valence-corrected chi connectivity index (χ1v) is 4.75. The molecule has 0 radical (unpaired) electrons. The van der Waals surface area contributed by atoms with E-state index in [1.54, 1.807) is 0 Å². The Labute approximate surface area is 93.9 Å². The second-order valence-electron chi connectivity index (χ2n) is 3.05. The lowest BCUT2D eigenvalue weighted by atomic mass is 10.2. The van der Waals surface area contributed by atoms with E-state index < -0.39 is 5.92 Å². The number of thiocarbonyl (C=S) groups is 1. The summed E-state index contributed by atoms with van der Waals surface area (Å²) in [4.78, 5) is 0.240. The molecular weight excluding hydrogens is 206 g/mol. The van der Waals surface area contributed by atoms with Gasteiger partial charge in [-0.15, -0.1) is 0 Å². The molecule has 0 saturated carbocycles. The summed E-state index contributed by atoms with van der Waals surface area (Å²) in [7, 11) is 0. The third-order valence-corrected chi connectivity index (χ3v) is 2.18. The number of rotatable bonds is 2. The lowest BCUT2D eigenvalue weighted by Gasteiger charge is -2.07. The maximum atomic E-state index is 8.62. The molecule has 1 aromatic carbocycles. The van der Waals surface area contributed by atoms with Crippen LogP contribution in [0.25, 0.3) is 0 Å². The Morgan fingerprint density at radius 3 is 2.27 bits per heavy atom. The Morgan fingerprint density at radius 2 is 1.80 bits per heavy atom. The molecule has 74 valence electrons. The maximum absolute atomic E-state index is 8.62. The molecule has 3 nitrogen and oxygen atoms in total. The summed E-state index contributed by atoms with van der Waals surface area (Å²) >= 11 is 4.93. The van der Waals surface area contributed by atoms with Crippen LogP contribution in [-0.2, 0) is 0 Å². The predicted octanol–water partition coefficient (Wildman–Crippen LogP) is 2.40. The average Bonchev–Trinajstić information content (AvgIpc) is 2.23. The van der Waals surface area contributed by atoms with E-state index in [4.69, 9.17) is 22.7 Å². The number of hydrogen-bond donors (Lipinski definition) is 1. The number of nitrogens with one attached hydrogen (secondary N) is 1. The number of nitriles is 2. The van der Waals surface area contributed by atoms with Gasteiger partial charge >= 0.3 is 0 Å². The summed E-state index contributed by atoms with van der Waals surface area (Å²) in [5.41, 5.74) is 1.93. The monoisotopic (exact) mass is 215 g/mol. The van der Waals surface area contributed by atoms with Crippen molar-refractivity contribution < 1.29 is 0 Å². The van der Waals surface area contributed by atoms with Crippen LogP contribution in [0, 0.1) is 35.5 Å². The van der Waals surface area contributed by atoms with Crippen LogP contribution >= 0.6 is 12.2 Å². The molecule has 0 atom stereocenters. The zero-order valence-electron chi connectivity index (χ0n) is 8.19. The zero-order chi connectivity index (χ0) is 11.3. The van der Waals surface area contributed by atoms with Crippen molar-refractivity contribution in [1.29, 1.82) is 10.5 Å². The summed E-state index contributed by atoms with van der Waals surface area (Å²) in [6, 6.07) is 11.2. The van der Waals surface area contributed by atoms with Gasteiger partial charge in [0.2, 0.25) is 0 Å². The van der Waals surface area contributed by atoms with Crippen molar-refractivity contribution in [3.8, 4) is 12.1 Å². The van der Waals surface area contributed by atoms with Gasteiger partial charge in [0, 0.05) is 5.69 Å². The lowest BCUT2D eigenvalue weighted by molar-refractivity contribution is 1.17. The first kappa shape index (κ1) is 11.2. The topological polar surface area (TPSA) is 59.6 Å². The van der Waals surface area contributed by atoms with Crippen molar-refractivity contribution in [2.45, 2.75) is 6.92 Å². The Kier molecular flexibility index (Phi) is 3.79. The van der Waals surface area contributed by atoms with Crippen molar-refractivity contribution in [1.82, 2.24) is 0 Å². The van der Waals surface area contributed by atoms with Gasteiger partial charge in [-0.05, 0) is 19.1 Å². The van der Waals surface area contributed by atoms with E-state index >= 15 is 0 Å². The maximum Gasteiger partial charge on any atom is 0.183 e. The van der Waals surface area contributed by atoms with E-state index in [0.717, 1.165) is 11.3 Å². The number of benzene rings is 1. The van der Waals surface area contributed by atoms with Crippen molar-refractivity contribution in [2.24, 2.45) is 5.92 Å². The molecule has 0 unspecified atom stereocenters. The standard InChI is InChI=1S/C11H9N3S/c1-8-2-4-10(5-3-8)14-11(15)9(6-12)7-13/h2-5,9H,1H3,(H,14,15). The number of nitrogens with zero attached hydrogens (tertiary/aromatic N) is 2. The second-order valence-corrected chi connectivity index (χ2v) is 3.49. The van der Waals surface area contributed by atoms with Gasteiger partial charge in [-0.3, -0.25) is 0 Å². The largest absolute Gasteiger partial charge is 0.348 e. The fourth-order valence-corrected chi connectivity index (χ4v) is 1.22. The van der Waals surface area contributed by atoms with Crippen LogP contribution in [0.4, 0.5) is 5.69 Å². The Balaban J connectivity index is 2.72. The Morgan fingerprint density at radius 1 is 1.27 bits per heavy atom. The minimum Gasteiger partial charge on any atom is -0.348 e. The zero-order valence-corrected chi connectivity index (χ0v) is 9.01. The highest BCUT2D eigenvalue weighted by atomic mass is 32.1. The van der Waals surface area contributed by atoms with E-state index in [2.05, 4.69) is 5.32 Å². The van der Waals surface area contributed by atoms with Crippen molar-refractivity contribution in [2.75, 3.05) is 5.32 Å². The van der Waals surface area contributed by atoms with E-state index in [0.29, 0.717) is 0 Å². The van der Waals surface area contributed by atoms with Crippen molar-refractivity contribution in [3.63, 3.8) is 0 Å². The second kappa shape index (κ2) is 5.09. The third kappa shape index (κ3) is 3.05. The molecule has 1 aromatic rings. The quantitative estimate of drug-likeness (QED) is 0.769. The van der Waals surface area contributed by atoms with Crippen LogP contribution in [0.1, 0.15) is 5.56 Å².